The maximum atomic E-state index is 12.1. The summed E-state index contributed by atoms with van der Waals surface area (Å²) in [6, 6.07) is 1.94. The van der Waals surface area contributed by atoms with Gasteiger partial charge in [0.2, 0.25) is 0 Å². The van der Waals surface area contributed by atoms with Gasteiger partial charge in [0.15, 0.2) is 4.34 Å². The molecule has 0 bridgehead atoms. The minimum atomic E-state index is -0.383. The molecule has 6 nitrogen and oxygen atoms in total. The quantitative estimate of drug-likeness (QED) is 0.794. The summed E-state index contributed by atoms with van der Waals surface area (Å²) < 4.78 is 2.11. The lowest BCUT2D eigenvalue weighted by Crippen LogP contribution is -2.27. The molecule has 0 N–H and O–H groups in total. The summed E-state index contributed by atoms with van der Waals surface area (Å²) in [5.74, 6) is 0. The molecule has 2 rings (SSSR count). The lowest BCUT2D eigenvalue weighted by molar-refractivity contribution is 0.616. The van der Waals surface area contributed by atoms with Gasteiger partial charge in [0.05, 0.1) is 12.2 Å². The average Bonchev–Trinajstić information content (AvgIpc) is 2.84. The number of aryl methyl sites for hydroxylation is 1. The van der Waals surface area contributed by atoms with Crippen LogP contribution in [0.5, 0.6) is 0 Å². The van der Waals surface area contributed by atoms with Crippen molar-refractivity contribution in [3.8, 4) is 6.07 Å². The van der Waals surface area contributed by atoms with Gasteiger partial charge in [0.25, 0.3) is 5.56 Å². The number of nitriles is 1. The summed E-state index contributed by atoms with van der Waals surface area (Å²) in [4.78, 5) is 12.1. The Bertz CT molecular complexity index is 713. The van der Waals surface area contributed by atoms with Gasteiger partial charge < -0.3 is 0 Å². The number of aromatic nitrogens is 4. The Hall–Kier alpha value is -1.72. The van der Waals surface area contributed by atoms with Crippen molar-refractivity contribution in [1.29, 1.82) is 5.26 Å². The van der Waals surface area contributed by atoms with Crippen molar-refractivity contribution >= 4 is 23.1 Å². The van der Waals surface area contributed by atoms with Gasteiger partial charge >= 0.3 is 0 Å². The van der Waals surface area contributed by atoms with E-state index in [1.807, 2.05) is 12.3 Å². The van der Waals surface area contributed by atoms with Gasteiger partial charge in [-0.2, -0.15) is 10.4 Å². The predicted molar refractivity (Wildman–Crippen MR) is 73.5 cm³/mol. The lowest BCUT2D eigenvalue weighted by atomic mass is 10.1. The summed E-state index contributed by atoms with van der Waals surface area (Å²) in [7, 11) is 0. The number of thioether (sulfide) groups is 1. The second-order valence-electron chi connectivity index (χ2n) is 3.83. The summed E-state index contributed by atoms with van der Waals surface area (Å²) >= 11 is 2.92. The molecule has 0 aliphatic carbocycles. The molecular formula is C11H11N5OS2. The van der Waals surface area contributed by atoms with Crippen LogP contribution in [0.1, 0.15) is 21.8 Å². The largest absolute Gasteiger partial charge is 0.285 e. The number of nitrogens with zero attached hydrogens (tertiary/aromatic N) is 5. The first-order valence-electron chi connectivity index (χ1n) is 5.41. The molecule has 19 heavy (non-hydrogen) atoms. The molecule has 98 valence electrons. The van der Waals surface area contributed by atoms with Crippen LogP contribution in [-0.4, -0.2) is 26.2 Å². The molecule has 0 aliphatic heterocycles. The van der Waals surface area contributed by atoms with Crippen LogP contribution in [0.4, 0.5) is 0 Å². The first kappa shape index (κ1) is 13.7. The highest BCUT2D eigenvalue weighted by molar-refractivity contribution is 8.00. The zero-order valence-electron chi connectivity index (χ0n) is 10.7. The molecule has 0 amide bonds. The second-order valence-corrected chi connectivity index (χ2v) is 5.94. The van der Waals surface area contributed by atoms with E-state index in [0.717, 1.165) is 4.34 Å². The first-order chi connectivity index (χ1) is 9.06. The summed E-state index contributed by atoms with van der Waals surface area (Å²) in [5.41, 5.74) is 1.06. The molecule has 8 heteroatoms. The third-order valence-corrected chi connectivity index (χ3v) is 4.54. The smallest absolute Gasteiger partial charge is 0.266 e. The predicted octanol–water partition coefficient (Wildman–Crippen LogP) is 1.35. The molecule has 0 saturated heterocycles. The SMILES string of the molecule is CSc1nnc(Cn2nc(C)c(C)c(C#N)c2=O)s1. The first-order valence-corrected chi connectivity index (χ1v) is 7.45. The van der Waals surface area contributed by atoms with Crippen LogP contribution < -0.4 is 5.56 Å². The standard InChI is InChI=1S/C11H11N5OS2/c1-6-7(2)15-16(10(17)8(6)4-12)5-9-13-14-11(18-3)19-9/h5H2,1-3H3. The third-order valence-electron chi connectivity index (χ3n) is 2.66. The van der Waals surface area contributed by atoms with Gasteiger partial charge in [0, 0.05) is 0 Å². The molecule has 2 aromatic heterocycles. The van der Waals surface area contributed by atoms with E-state index < -0.39 is 0 Å². The van der Waals surface area contributed by atoms with Crippen LogP contribution in [0.3, 0.4) is 0 Å². The molecule has 0 fully saturated rings. The fourth-order valence-corrected chi connectivity index (χ4v) is 2.82. The Morgan fingerprint density at radius 2 is 2.16 bits per heavy atom. The van der Waals surface area contributed by atoms with Crippen molar-refractivity contribution in [3.05, 3.63) is 32.2 Å². The van der Waals surface area contributed by atoms with E-state index in [4.69, 9.17) is 5.26 Å². The zero-order chi connectivity index (χ0) is 14.0. The highest BCUT2D eigenvalue weighted by Crippen LogP contribution is 2.19. The third kappa shape index (κ3) is 2.67. The maximum absolute atomic E-state index is 12.1. The molecule has 0 aromatic carbocycles. The van der Waals surface area contributed by atoms with Crippen molar-refractivity contribution in [2.75, 3.05) is 6.26 Å². The summed E-state index contributed by atoms with van der Waals surface area (Å²) in [6.45, 7) is 3.75. The van der Waals surface area contributed by atoms with Crippen molar-refractivity contribution in [3.63, 3.8) is 0 Å². The summed E-state index contributed by atoms with van der Waals surface area (Å²) in [6.07, 6.45) is 1.92. The number of hydrogen-bond donors (Lipinski definition) is 0. The van der Waals surface area contributed by atoms with Gasteiger partial charge in [-0.05, 0) is 25.7 Å². The maximum Gasteiger partial charge on any atom is 0.285 e. The molecule has 2 aromatic rings. The van der Waals surface area contributed by atoms with Gasteiger partial charge in [0.1, 0.15) is 16.6 Å². The van der Waals surface area contributed by atoms with Crippen LogP contribution in [0, 0.1) is 25.2 Å². The molecular weight excluding hydrogens is 282 g/mol. The van der Waals surface area contributed by atoms with E-state index in [9.17, 15) is 4.79 Å². The lowest BCUT2D eigenvalue weighted by Gasteiger charge is -2.06. The topological polar surface area (TPSA) is 84.5 Å². The molecule has 0 atom stereocenters. The Labute approximate surface area is 118 Å². The molecule has 2 heterocycles. The van der Waals surface area contributed by atoms with Crippen molar-refractivity contribution in [2.45, 2.75) is 24.7 Å². The Morgan fingerprint density at radius 3 is 2.74 bits per heavy atom. The van der Waals surface area contributed by atoms with Crippen molar-refractivity contribution < 1.29 is 0 Å². The van der Waals surface area contributed by atoms with Crippen LogP contribution in [-0.2, 0) is 6.54 Å². The Kier molecular flexibility index (Phi) is 3.97. The van der Waals surface area contributed by atoms with Crippen molar-refractivity contribution in [1.82, 2.24) is 20.0 Å². The second kappa shape index (κ2) is 5.50. The zero-order valence-corrected chi connectivity index (χ0v) is 12.3. The van der Waals surface area contributed by atoms with E-state index in [2.05, 4.69) is 15.3 Å². The van der Waals surface area contributed by atoms with Gasteiger partial charge in [-0.3, -0.25) is 4.79 Å². The van der Waals surface area contributed by atoms with Crippen LogP contribution in [0.2, 0.25) is 0 Å². The van der Waals surface area contributed by atoms with E-state index in [1.165, 1.54) is 27.8 Å². The molecule has 0 aliphatic rings. The monoisotopic (exact) mass is 293 g/mol. The Balaban J connectivity index is 2.44. The van der Waals surface area contributed by atoms with Crippen molar-refractivity contribution in [2.24, 2.45) is 0 Å². The van der Waals surface area contributed by atoms with Crippen LogP contribution in [0.25, 0.3) is 0 Å². The molecule has 0 radical (unpaired) electrons. The highest BCUT2D eigenvalue weighted by atomic mass is 32.2. The van der Waals surface area contributed by atoms with Crippen LogP contribution in [0.15, 0.2) is 9.13 Å². The van der Waals surface area contributed by atoms with E-state index in [0.29, 0.717) is 16.3 Å². The molecule has 0 unspecified atom stereocenters. The van der Waals surface area contributed by atoms with E-state index >= 15 is 0 Å². The number of rotatable bonds is 3. The van der Waals surface area contributed by atoms with Gasteiger partial charge in [-0.1, -0.05) is 23.1 Å². The normalized spacial score (nSPS) is 10.4. The average molecular weight is 293 g/mol. The van der Waals surface area contributed by atoms with E-state index in [-0.39, 0.29) is 17.7 Å². The summed E-state index contributed by atoms with van der Waals surface area (Å²) in [5, 5.41) is 21.9. The fraction of sp³-hybridized carbons (Fsp3) is 0.364. The van der Waals surface area contributed by atoms with E-state index in [1.54, 1.807) is 13.8 Å². The van der Waals surface area contributed by atoms with Gasteiger partial charge in [-0.25, -0.2) is 4.68 Å². The minimum absolute atomic E-state index is 0.141. The molecule has 0 spiro atoms. The Morgan fingerprint density at radius 1 is 1.42 bits per heavy atom. The van der Waals surface area contributed by atoms with Gasteiger partial charge in [-0.15, -0.1) is 10.2 Å². The minimum Gasteiger partial charge on any atom is -0.266 e. The number of hydrogen-bond acceptors (Lipinski definition) is 7. The van der Waals surface area contributed by atoms with Crippen LogP contribution >= 0.6 is 23.1 Å². The highest BCUT2D eigenvalue weighted by Gasteiger charge is 2.13. The molecule has 0 saturated carbocycles. The fourth-order valence-electron chi connectivity index (χ4n) is 1.52.